The zero-order valence-corrected chi connectivity index (χ0v) is 15.5. The molecule has 0 aliphatic heterocycles. The standard InChI is InChI=1S/C21H18FN3O4/c1-12-24-17(14-8-5-9-15(22)11-14)19(29-12)21(28)25-16(18(26)20(23)27)10-13-6-3-2-4-7-13/h2-9,11,16H,10H2,1H3,(H2,23,27)(H,25,28). The number of aromatic nitrogens is 1. The monoisotopic (exact) mass is 395 g/mol. The molecule has 0 radical (unpaired) electrons. The summed E-state index contributed by atoms with van der Waals surface area (Å²) >= 11 is 0. The highest BCUT2D eigenvalue weighted by Crippen LogP contribution is 2.24. The molecule has 0 aliphatic carbocycles. The number of Topliss-reactive ketones (excluding diaryl/α,β-unsaturated/α-hetero) is 1. The number of carbonyl (C=O) groups is 3. The number of primary amides is 1. The van der Waals surface area contributed by atoms with Crippen molar-refractivity contribution in [1.29, 1.82) is 0 Å². The van der Waals surface area contributed by atoms with Crippen LogP contribution >= 0.6 is 0 Å². The second-order valence-electron chi connectivity index (χ2n) is 6.37. The molecule has 3 N–H and O–H groups in total. The molecule has 1 heterocycles. The molecule has 0 bridgehead atoms. The van der Waals surface area contributed by atoms with E-state index >= 15 is 0 Å². The Kier molecular flexibility index (Phi) is 5.82. The van der Waals surface area contributed by atoms with Crippen molar-refractivity contribution < 1.29 is 23.2 Å². The van der Waals surface area contributed by atoms with Gasteiger partial charge < -0.3 is 15.5 Å². The molecule has 3 rings (SSSR count). The molecule has 148 valence electrons. The van der Waals surface area contributed by atoms with Gasteiger partial charge in [0.15, 0.2) is 5.89 Å². The van der Waals surface area contributed by atoms with Crippen LogP contribution in [0.5, 0.6) is 0 Å². The van der Waals surface area contributed by atoms with Gasteiger partial charge in [0, 0.05) is 18.9 Å². The lowest BCUT2D eigenvalue weighted by Gasteiger charge is -2.16. The highest BCUT2D eigenvalue weighted by molar-refractivity contribution is 6.38. The number of halogens is 1. The van der Waals surface area contributed by atoms with Gasteiger partial charge in [-0.2, -0.15) is 0 Å². The van der Waals surface area contributed by atoms with Crippen LogP contribution < -0.4 is 11.1 Å². The van der Waals surface area contributed by atoms with E-state index < -0.39 is 29.5 Å². The Morgan fingerprint density at radius 2 is 1.86 bits per heavy atom. The Labute approximate surface area is 165 Å². The van der Waals surface area contributed by atoms with Crippen LogP contribution in [0.2, 0.25) is 0 Å². The molecule has 0 fully saturated rings. The smallest absolute Gasteiger partial charge is 0.290 e. The van der Waals surface area contributed by atoms with Gasteiger partial charge in [-0.1, -0.05) is 42.5 Å². The summed E-state index contributed by atoms with van der Waals surface area (Å²) in [6, 6.07) is 13.2. The molecule has 0 saturated carbocycles. The summed E-state index contributed by atoms with van der Waals surface area (Å²) in [4.78, 5) is 40.6. The minimum Gasteiger partial charge on any atom is -0.435 e. The molecule has 29 heavy (non-hydrogen) atoms. The summed E-state index contributed by atoms with van der Waals surface area (Å²) in [5.41, 5.74) is 6.33. The van der Waals surface area contributed by atoms with Gasteiger partial charge >= 0.3 is 0 Å². The molecule has 1 aromatic heterocycles. The minimum atomic E-state index is -1.19. The fourth-order valence-corrected chi connectivity index (χ4v) is 2.87. The van der Waals surface area contributed by atoms with Crippen LogP contribution in [0.3, 0.4) is 0 Å². The highest BCUT2D eigenvalue weighted by Gasteiger charge is 2.29. The maximum Gasteiger partial charge on any atom is 0.290 e. The van der Waals surface area contributed by atoms with Gasteiger partial charge in [0.25, 0.3) is 11.8 Å². The first-order chi connectivity index (χ1) is 13.8. The molecular formula is C21H18FN3O4. The summed E-state index contributed by atoms with van der Waals surface area (Å²) in [5, 5.41) is 2.48. The molecule has 0 saturated heterocycles. The summed E-state index contributed by atoms with van der Waals surface area (Å²) in [7, 11) is 0. The normalized spacial score (nSPS) is 11.7. The highest BCUT2D eigenvalue weighted by atomic mass is 19.1. The third-order valence-corrected chi connectivity index (χ3v) is 4.19. The van der Waals surface area contributed by atoms with Crippen molar-refractivity contribution >= 4 is 17.6 Å². The van der Waals surface area contributed by atoms with Gasteiger partial charge in [-0.25, -0.2) is 9.37 Å². The van der Waals surface area contributed by atoms with Crippen molar-refractivity contribution in [1.82, 2.24) is 10.3 Å². The Morgan fingerprint density at radius 1 is 1.14 bits per heavy atom. The number of hydrogen-bond donors (Lipinski definition) is 2. The number of nitrogens with two attached hydrogens (primary N) is 1. The third kappa shape index (κ3) is 4.73. The van der Waals surface area contributed by atoms with Crippen LogP contribution in [-0.2, 0) is 16.0 Å². The van der Waals surface area contributed by atoms with Crippen molar-refractivity contribution in [3.8, 4) is 11.3 Å². The van der Waals surface area contributed by atoms with Gasteiger partial charge in [-0.05, 0) is 17.7 Å². The first-order valence-electron chi connectivity index (χ1n) is 8.77. The third-order valence-electron chi connectivity index (χ3n) is 4.19. The second-order valence-corrected chi connectivity index (χ2v) is 6.37. The van der Waals surface area contributed by atoms with Gasteiger partial charge in [0.2, 0.25) is 11.5 Å². The maximum atomic E-state index is 13.6. The number of nitrogens with one attached hydrogen (secondary N) is 1. The maximum absolute atomic E-state index is 13.6. The zero-order valence-electron chi connectivity index (χ0n) is 15.5. The topological polar surface area (TPSA) is 115 Å². The number of benzene rings is 2. The van der Waals surface area contributed by atoms with E-state index in [9.17, 15) is 18.8 Å². The van der Waals surface area contributed by atoms with Gasteiger partial charge in [-0.3, -0.25) is 14.4 Å². The summed E-state index contributed by atoms with van der Waals surface area (Å²) in [5.74, 6) is -3.37. The lowest BCUT2D eigenvalue weighted by atomic mass is 10.0. The Balaban J connectivity index is 1.90. The second kappa shape index (κ2) is 8.47. The average Bonchev–Trinajstić information content (AvgIpc) is 3.09. The number of hydrogen-bond acceptors (Lipinski definition) is 5. The number of rotatable bonds is 7. The average molecular weight is 395 g/mol. The first kappa shape index (κ1) is 19.9. The largest absolute Gasteiger partial charge is 0.435 e. The van der Waals surface area contributed by atoms with Crippen LogP contribution in [0.25, 0.3) is 11.3 Å². The number of carbonyl (C=O) groups excluding carboxylic acids is 3. The van der Waals surface area contributed by atoms with Crippen LogP contribution in [0, 0.1) is 12.7 Å². The molecule has 0 spiro atoms. The van der Waals surface area contributed by atoms with Gasteiger partial charge in [0.1, 0.15) is 17.6 Å². The van der Waals surface area contributed by atoms with E-state index in [1.165, 1.54) is 25.1 Å². The molecule has 1 atom stereocenters. The molecule has 2 amide bonds. The molecule has 0 aliphatic rings. The van der Waals surface area contributed by atoms with Crippen LogP contribution in [0.4, 0.5) is 4.39 Å². The van der Waals surface area contributed by atoms with E-state index in [2.05, 4.69) is 10.3 Å². The predicted octanol–water partition coefficient (Wildman–Crippen LogP) is 2.18. The Bertz CT molecular complexity index is 1060. The predicted molar refractivity (Wildman–Crippen MR) is 102 cm³/mol. The Hall–Kier alpha value is -3.81. The van der Waals surface area contributed by atoms with Crippen molar-refractivity contribution in [2.75, 3.05) is 0 Å². The molecular weight excluding hydrogens is 377 g/mol. The summed E-state index contributed by atoms with van der Waals surface area (Å²) in [6.07, 6.45) is 0.0662. The summed E-state index contributed by atoms with van der Waals surface area (Å²) < 4.78 is 19.0. The van der Waals surface area contributed by atoms with E-state index in [-0.39, 0.29) is 23.8 Å². The summed E-state index contributed by atoms with van der Waals surface area (Å²) in [6.45, 7) is 1.54. The van der Waals surface area contributed by atoms with E-state index in [1.807, 2.05) is 0 Å². The van der Waals surface area contributed by atoms with E-state index in [0.29, 0.717) is 5.56 Å². The van der Waals surface area contributed by atoms with E-state index in [4.69, 9.17) is 10.2 Å². The molecule has 2 aromatic carbocycles. The van der Waals surface area contributed by atoms with Crippen molar-refractivity contribution in [2.45, 2.75) is 19.4 Å². The quantitative estimate of drug-likeness (QED) is 0.595. The SMILES string of the molecule is Cc1nc(-c2cccc(F)c2)c(C(=O)NC(Cc2ccccc2)C(=O)C(N)=O)o1. The number of nitrogens with zero attached hydrogens (tertiary/aromatic N) is 1. The van der Waals surface area contributed by atoms with Gasteiger partial charge in [-0.15, -0.1) is 0 Å². The molecule has 1 unspecified atom stereocenters. The lowest BCUT2D eigenvalue weighted by molar-refractivity contribution is -0.137. The molecule has 7 nitrogen and oxygen atoms in total. The minimum absolute atomic E-state index is 0.0662. The number of aryl methyl sites for hydroxylation is 1. The van der Waals surface area contributed by atoms with Crippen molar-refractivity contribution in [2.24, 2.45) is 5.73 Å². The molecule has 8 heteroatoms. The molecule has 3 aromatic rings. The number of oxazole rings is 1. The van der Waals surface area contributed by atoms with E-state index in [1.54, 1.807) is 36.4 Å². The fraction of sp³-hybridized carbons (Fsp3) is 0.143. The van der Waals surface area contributed by atoms with E-state index in [0.717, 1.165) is 5.56 Å². The first-order valence-corrected chi connectivity index (χ1v) is 8.77. The van der Waals surface area contributed by atoms with Crippen LogP contribution in [-0.4, -0.2) is 28.6 Å². The Morgan fingerprint density at radius 3 is 2.52 bits per heavy atom. The van der Waals surface area contributed by atoms with Gasteiger partial charge in [0.05, 0.1) is 0 Å². The van der Waals surface area contributed by atoms with Crippen LogP contribution in [0.1, 0.15) is 22.0 Å². The number of ketones is 1. The fourth-order valence-electron chi connectivity index (χ4n) is 2.87. The lowest BCUT2D eigenvalue weighted by Crippen LogP contribution is -2.47. The van der Waals surface area contributed by atoms with Crippen molar-refractivity contribution in [3.63, 3.8) is 0 Å². The zero-order chi connectivity index (χ0) is 21.0. The van der Waals surface area contributed by atoms with Crippen LogP contribution in [0.15, 0.2) is 59.0 Å². The number of amides is 2. The van der Waals surface area contributed by atoms with Crippen molar-refractivity contribution in [3.05, 3.63) is 77.6 Å².